The maximum absolute atomic E-state index is 13.0. The van der Waals surface area contributed by atoms with Gasteiger partial charge in [-0.3, -0.25) is 0 Å². The van der Waals surface area contributed by atoms with Crippen molar-refractivity contribution >= 4 is 21.6 Å². The van der Waals surface area contributed by atoms with Crippen LogP contribution in [0.5, 0.6) is 5.75 Å². The molecule has 0 radical (unpaired) electrons. The second kappa shape index (κ2) is 6.01. The van der Waals surface area contributed by atoms with E-state index < -0.39 is 10.0 Å². The molecular weight excluding hydrogens is 317 g/mol. The van der Waals surface area contributed by atoms with E-state index in [-0.39, 0.29) is 28.1 Å². The molecule has 0 atom stereocenters. The number of hydrogen-bond acceptors (Lipinski definition) is 3. The normalized spacial score (nSPS) is 11.4. The Labute approximate surface area is 127 Å². The second-order valence-corrected chi connectivity index (χ2v) is 6.46. The number of primary sulfonamides is 1. The van der Waals surface area contributed by atoms with Gasteiger partial charge in [0.25, 0.3) is 0 Å². The molecule has 0 aliphatic rings. The molecule has 4 nitrogen and oxygen atoms in total. The highest BCUT2D eigenvalue weighted by molar-refractivity contribution is 7.89. The van der Waals surface area contributed by atoms with Crippen LogP contribution in [0.1, 0.15) is 11.1 Å². The molecule has 0 bridgehead atoms. The van der Waals surface area contributed by atoms with Crippen LogP contribution in [0.2, 0.25) is 5.02 Å². The molecule has 0 spiro atoms. The number of sulfonamides is 1. The van der Waals surface area contributed by atoms with Crippen molar-refractivity contribution in [3.05, 3.63) is 58.4 Å². The minimum atomic E-state index is -3.95. The first-order valence-electron chi connectivity index (χ1n) is 5.97. The summed E-state index contributed by atoms with van der Waals surface area (Å²) in [6, 6.07) is 8.43. The molecule has 2 aromatic carbocycles. The van der Waals surface area contributed by atoms with Crippen LogP contribution in [0.15, 0.2) is 41.3 Å². The fourth-order valence-electron chi connectivity index (χ4n) is 1.80. The number of benzene rings is 2. The van der Waals surface area contributed by atoms with Gasteiger partial charge in [0, 0.05) is 5.02 Å². The monoisotopic (exact) mass is 329 g/mol. The van der Waals surface area contributed by atoms with Crippen molar-refractivity contribution in [3.8, 4) is 5.75 Å². The van der Waals surface area contributed by atoms with E-state index in [9.17, 15) is 12.8 Å². The molecule has 112 valence electrons. The summed E-state index contributed by atoms with van der Waals surface area (Å²) in [4.78, 5) is -0.185. The van der Waals surface area contributed by atoms with E-state index in [2.05, 4.69) is 0 Å². The highest BCUT2D eigenvalue weighted by Crippen LogP contribution is 2.27. The Morgan fingerprint density at radius 2 is 1.95 bits per heavy atom. The minimum Gasteiger partial charge on any atom is -0.487 e. The predicted octanol–water partition coefficient (Wildman–Crippen LogP) is 3.01. The third-order valence-electron chi connectivity index (χ3n) is 2.90. The van der Waals surface area contributed by atoms with Crippen LogP contribution in [-0.4, -0.2) is 8.42 Å². The molecule has 0 unspecified atom stereocenters. The molecule has 0 aliphatic carbocycles. The smallest absolute Gasteiger partial charge is 0.241 e. The highest BCUT2D eigenvalue weighted by Gasteiger charge is 2.16. The van der Waals surface area contributed by atoms with Crippen LogP contribution in [0.4, 0.5) is 4.39 Å². The number of halogens is 2. The second-order valence-electron chi connectivity index (χ2n) is 4.50. The van der Waals surface area contributed by atoms with Crippen molar-refractivity contribution < 1.29 is 17.5 Å². The molecule has 0 aromatic heterocycles. The molecular formula is C14H13ClFNO3S. The summed E-state index contributed by atoms with van der Waals surface area (Å²) in [5.74, 6) is -0.237. The van der Waals surface area contributed by atoms with Gasteiger partial charge in [0.15, 0.2) is 0 Å². The largest absolute Gasteiger partial charge is 0.487 e. The van der Waals surface area contributed by atoms with Crippen molar-refractivity contribution in [2.24, 2.45) is 5.14 Å². The van der Waals surface area contributed by atoms with Gasteiger partial charge in [-0.1, -0.05) is 17.7 Å². The maximum atomic E-state index is 13.0. The molecule has 0 saturated carbocycles. The van der Waals surface area contributed by atoms with Gasteiger partial charge >= 0.3 is 0 Å². The molecule has 0 amide bonds. The Bertz CT molecular complexity index is 778. The third kappa shape index (κ3) is 3.93. The molecule has 7 heteroatoms. The first-order valence-corrected chi connectivity index (χ1v) is 7.90. The number of aryl methyl sites for hydroxylation is 1. The highest BCUT2D eigenvalue weighted by atomic mass is 35.5. The Morgan fingerprint density at radius 1 is 1.24 bits per heavy atom. The van der Waals surface area contributed by atoms with E-state index >= 15 is 0 Å². The van der Waals surface area contributed by atoms with E-state index in [0.29, 0.717) is 5.56 Å². The summed E-state index contributed by atoms with van der Waals surface area (Å²) < 4.78 is 41.5. The van der Waals surface area contributed by atoms with Crippen LogP contribution in [0.25, 0.3) is 0 Å². The van der Waals surface area contributed by atoms with Crippen LogP contribution >= 0.6 is 11.6 Å². The zero-order chi connectivity index (χ0) is 15.6. The zero-order valence-corrected chi connectivity index (χ0v) is 12.7. The molecule has 0 aliphatic heterocycles. The lowest BCUT2D eigenvalue weighted by molar-refractivity contribution is 0.297. The van der Waals surface area contributed by atoms with E-state index in [4.69, 9.17) is 21.5 Å². The topological polar surface area (TPSA) is 69.4 Å². The molecule has 2 rings (SSSR count). The van der Waals surface area contributed by atoms with E-state index in [0.717, 1.165) is 5.56 Å². The summed E-state index contributed by atoms with van der Waals surface area (Å²) in [6.07, 6.45) is 0. The fourth-order valence-corrected chi connectivity index (χ4v) is 2.74. The van der Waals surface area contributed by atoms with E-state index in [1.807, 2.05) is 0 Å². The Morgan fingerprint density at radius 3 is 2.57 bits per heavy atom. The van der Waals surface area contributed by atoms with Gasteiger partial charge in [-0.2, -0.15) is 0 Å². The minimum absolute atomic E-state index is 0.0935. The number of nitrogens with two attached hydrogens (primary N) is 1. The van der Waals surface area contributed by atoms with Crippen molar-refractivity contribution in [1.82, 2.24) is 0 Å². The zero-order valence-electron chi connectivity index (χ0n) is 11.1. The average Bonchev–Trinajstić information content (AvgIpc) is 2.38. The summed E-state index contributed by atoms with van der Waals surface area (Å²) in [5.41, 5.74) is 1.45. The lowest BCUT2D eigenvalue weighted by Gasteiger charge is -2.12. The van der Waals surface area contributed by atoms with Crippen molar-refractivity contribution in [2.45, 2.75) is 18.4 Å². The van der Waals surface area contributed by atoms with Gasteiger partial charge in [0.05, 0.1) is 0 Å². The summed E-state index contributed by atoms with van der Waals surface area (Å²) in [7, 11) is -3.95. The standard InChI is InChI=1S/C14H13ClFNO3S/c1-9-6-12(16)4-2-10(9)8-20-13-5-3-11(15)7-14(13)21(17,18)19/h2-7H,8H2,1H3,(H2,17,18,19). The predicted molar refractivity (Wildman–Crippen MR) is 78.3 cm³/mol. The number of hydrogen-bond donors (Lipinski definition) is 1. The van der Waals surface area contributed by atoms with Crippen LogP contribution < -0.4 is 9.88 Å². The van der Waals surface area contributed by atoms with Gasteiger partial charge in [-0.15, -0.1) is 0 Å². The Balaban J connectivity index is 2.28. The molecule has 0 saturated heterocycles. The SMILES string of the molecule is Cc1cc(F)ccc1COc1ccc(Cl)cc1S(N)(=O)=O. The summed E-state index contributed by atoms with van der Waals surface area (Å²) in [5, 5.41) is 5.37. The molecule has 0 fully saturated rings. The van der Waals surface area contributed by atoms with Gasteiger partial charge < -0.3 is 4.74 Å². The van der Waals surface area contributed by atoms with Crippen LogP contribution in [0, 0.1) is 12.7 Å². The van der Waals surface area contributed by atoms with Gasteiger partial charge in [-0.25, -0.2) is 17.9 Å². The molecule has 2 aromatic rings. The average molecular weight is 330 g/mol. The molecule has 21 heavy (non-hydrogen) atoms. The number of rotatable bonds is 4. The van der Waals surface area contributed by atoms with E-state index in [1.54, 1.807) is 13.0 Å². The van der Waals surface area contributed by atoms with Gasteiger partial charge in [0.2, 0.25) is 10.0 Å². The fraction of sp³-hybridized carbons (Fsp3) is 0.143. The quantitative estimate of drug-likeness (QED) is 0.937. The summed E-state index contributed by atoms with van der Waals surface area (Å²) >= 11 is 5.77. The lowest BCUT2D eigenvalue weighted by Crippen LogP contribution is -2.14. The number of ether oxygens (including phenoxy) is 1. The molecule has 2 N–H and O–H groups in total. The maximum Gasteiger partial charge on any atom is 0.241 e. The summed E-state index contributed by atoms with van der Waals surface area (Å²) in [6.45, 7) is 1.83. The molecule has 0 heterocycles. The van der Waals surface area contributed by atoms with Crippen LogP contribution in [0.3, 0.4) is 0 Å². The first-order chi connectivity index (χ1) is 9.77. The van der Waals surface area contributed by atoms with Crippen LogP contribution in [-0.2, 0) is 16.6 Å². The van der Waals surface area contributed by atoms with Gasteiger partial charge in [0.1, 0.15) is 23.1 Å². The van der Waals surface area contributed by atoms with Crippen molar-refractivity contribution in [1.29, 1.82) is 0 Å². The Kier molecular flexibility index (Phi) is 4.51. The van der Waals surface area contributed by atoms with E-state index in [1.165, 1.54) is 30.3 Å². The Hall–Kier alpha value is -1.63. The van der Waals surface area contributed by atoms with Gasteiger partial charge in [-0.05, 0) is 48.4 Å². The third-order valence-corrected chi connectivity index (χ3v) is 4.07. The van der Waals surface area contributed by atoms with Crippen molar-refractivity contribution in [3.63, 3.8) is 0 Å². The van der Waals surface area contributed by atoms with Crippen molar-refractivity contribution in [2.75, 3.05) is 0 Å². The lowest BCUT2D eigenvalue weighted by atomic mass is 10.1. The first kappa shape index (κ1) is 15.8.